The second-order valence-corrected chi connectivity index (χ2v) is 13.0. The van der Waals surface area contributed by atoms with Crippen molar-refractivity contribution in [2.75, 3.05) is 26.7 Å². The van der Waals surface area contributed by atoms with E-state index in [0.29, 0.717) is 37.7 Å². The molecule has 0 aromatic heterocycles. The number of likely N-dealkylation sites (N-methyl/N-ethyl adjacent to an activating group) is 1. The second-order valence-electron chi connectivity index (χ2n) is 13.0. The summed E-state index contributed by atoms with van der Waals surface area (Å²) in [5.74, 6) is -4.86. The van der Waals surface area contributed by atoms with Gasteiger partial charge in [0.2, 0.25) is 35.4 Å². The normalized spacial score (nSPS) is 26.0. The molecule has 6 atom stereocenters. The molecule has 6 amide bonds. The van der Waals surface area contributed by atoms with Crippen molar-refractivity contribution in [1.29, 1.82) is 0 Å². The molecule has 0 spiro atoms. The molecule has 0 saturated carbocycles. The molecule has 3 N–H and O–H groups in total. The summed E-state index contributed by atoms with van der Waals surface area (Å²) in [5.41, 5.74) is 0.534. The van der Waals surface area contributed by atoms with Crippen LogP contribution in [0.25, 0.3) is 0 Å². The molecule has 3 fully saturated rings. The maximum Gasteiger partial charge on any atom is 0.328 e. The fourth-order valence-corrected chi connectivity index (χ4v) is 6.36. The lowest BCUT2D eigenvalue weighted by molar-refractivity contribution is -0.158. The van der Waals surface area contributed by atoms with Gasteiger partial charge in [-0.15, -0.1) is 0 Å². The van der Waals surface area contributed by atoms with Crippen LogP contribution >= 0.6 is 0 Å². The summed E-state index contributed by atoms with van der Waals surface area (Å²) in [6, 6.07) is -1.19. The van der Waals surface area contributed by atoms with Crippen LogP contribution in [0.1, 0.15) is 64.9 Å². The number of amides is 6. The van der Waals surface area contributed by atoms with Gasteiger partial charge in [0.25, 0.3) is 0 Å². The minimum absolute atomic E-state index is 0.0485. The lowest BCUT2D eigenvalue weighted by Crippen LogP contribution is -2.60. The molecule has 3 aliphatic rings. The molecule has 3 saturated heterocycles. The Morgan fingerprint density at radius 1 is 0.980 bits per heavy atom. The van der Waals surface area contributed by atoms with Gasteiger partial charge in [-0.3, -0.25) is 28.8 Å². The van der Waals surface area contributed by atoms with Crippen molar-refractivity contribution in [2.45, 2.75) is 102 Å². The molecular formula is C35H47FN6O8. The fourth-order valence-electron chi connectivity index (χ4n) is 6.36. The molecule has 0 bridgehead atoms. The van der Waals surface area contributed by atoms with Gasteiger partial charge in [-0.25, -0.2) is 9.18 Å². The highest BCUT2D eigenvalue weighted by molar-refractivity contribution is 5.98. The van der Waals surface area contributed by atoms with Gasteiger partial charge in [-0.1, -0.05) is 31.6 Å². The molecule has 0 aliphatic carbocycles. The number of fused-ring (bicyclic) bond motifs is 2. The highest BCUT2D eigenvalue weighted by atomic mass is 19.1. The van der Waals surface area contributed by atoms with Crippen LogP contribution in [-0.2, 0) is 44.7 Å². The average molecular weight is 699 g/mol. The van der Waals surface area contributed by atoms with Gasteiger partial charge in [0.05, 0.1) is 0 Å². The smallest absolute Gasteiger partial charge is 0.328 e. The Balaban J connectivity index is 1.65. The molecule has 1 aromatic rings. The Bertz CT molecular complexity index is 1490. The van der Waals surface area contributed by atoms with Crippen molar-refractivity contribution in [3.8, 4) is 0 Å². The molecule has 15 heteroatoms. The van der Waals surface area contributed by atoms with Gasteiger partial charge in [-0.2, -0.15) is 0 Å². The first-order chi connectivity index (χ1) is 23.8. The predicted octanol–water partition coefficient (Wildman–Crippen LogP) is 0.585. The zero-order chi connectivity index (χ0) is 36.5. The first kappa shape index (κ1) is 38.0. The van der Waals surface area contributed by atoms with Crippen LogP contribution in [0.4, 0.5) is 4.39 Å². The summed E-state index contributed by atoms with van der Waals surface area (Å²) < 4.78 is 19.2. The maximum atomic E-state index is 14.2. The average Bonchev–Trinajstić information content (AvgIpc) is 3.79. The molecule has 3 aliphatic heterocycles. The summed E-state index contributed by atoms with van der Waals surface area (Å²) in [6.07, 6.45) is 5.93. The van der Waals surface area contributed by atoms with Crippen molar-refractivity contribution in [2.24, 2.45) is 0 Å². The maximum absolute atomic E-state index is 14.2. The molecule has 50 heavy (non-hydrogen) atoms. The number of allylic oxidation sites excluding steroid dienone is 1. The second kappa shape index (κ2) is 17.2. The van der Waals surface area contributed by atoms with E-state index in [-0.39, 0.29) is 19.5 Å². The Hall–Kier alpha value is -4.82. The van der Waals surface area contributed by atoms with Crippen molar-refractivity contribution >= 4 is 41.4 Å². The zero-order valence-electron chi connectivity index (χ0n) is 29.0. The number of esters is 1. The van der Waals surface area contributed by atoms with Gasteiger partial charge in [0, 0.05) is 26.6 Å². The Morgan fingerprint density at radius 3 is 2.28 bits per heavy atom. The van der Waals surface area contributed by atoms with E-state index in [1.807, 2.05) is 6.92 Å². The van der Waals surface area contributed by atoms with Gasteiger partial charge in [-0.05, 0) is 69.7 Å². The molecule has 0 radical (unpaired) electrons. The number of cyclic esters (lactones) is 1. The topological polar surface area (TPSA) is 175 Å². The molecular weight excluding hydrogens is 651 g/mol. The number of unbranched alkanes of at least 4 members (excludes halogenated alkanes) is 1. The van der Waals surface area contributed by atoms with E-state index < -0.39 is 90.1 Å². The number of ether oxygens (including phenoxy) is 1. The van der Waals surface area contributed by atoms with Crippen LogP contribution in [0.2, 0.25) is 0 Å². The number of rotatable bonds is 8. The first-order valence-corrected chi connectivity index (χ1v) is 17.2. The quantitative estimate of drug-likeness (QED) is 0.261. The van der Waals surface area contributed by atoms with Crippen LogP contribution < -0.4 is 16.0 Å². The van der Waals surface area contributed by atoms with Gasteiger partial charge in [0.15, 0.2) is 0 Å². The van der Waals surface area contributed by atoms with Gasteiger partial charge in [0.1, 0.15) is 48.7 Å². The summed E-state index contributed by atoms with van der Waals surface area (Å²) in [6.45, 7) is 4.78. The molecule has 14 nitrogen and oxygen atoms in total. The Morgan fingerprint density at radius 2 is 1.62 bits per heavy atom. The van der Waals surface area contributed by atoms with Crippen LogP contribution in [0.15, 0.2) is 36.4 Å². The van der Waals surface area contributed by atoms with E-state index in [1.54, 1.807) is 6.08 Å². The van der Waals surface area contributed by atoms with E-state index in [2.05, 4.69) is 16.0 Å². The summed E-state index contributed by atoms with van der Waals surface area (Å²) >= 11 is 0. The van der Waals surface area contributed by atoms with E-state index >= 15 is 0 Å². The van der Waals surface area contributed by atoms with Crippen molar-refractivity contribution in [3.05, 3.63) is 47.8 Å². The number of halogens is 1. The molecule has 4 rings (SSSR count). The zero-order valence-corrected chi connectivity index (χ0v) is 29.0. The molecule has 0 unspecified atom stereocenters. The van der Waals surface area contributed by atoms with Crippen LogP contribution in [-0.4, -0.2) is 119 Å². The van der Waals surface area contributed by atoms with E-state index in [9.17, 15) is 38.0 Å². The summed E-state index contributed by atoms with van der Waals surface area (Å²) in [4.78, 5) is 98.2. The largest absolute Gasteiger partial charge is 0.461 e. The summed E-state index contributed by atoms with van der Waals surface area (Å²) in [5, 5.41) is 7.92. The number of nitrogens with zero attached hydrogens (tertiary/aromatic N) is 3. The standard InChI is InChI=1S/C35H47FN6O8/c1-5-6-7-12-29(43)38-25(19-23-13-15-24(36)16-14-23)31(45)39-26-20-50-35(49)28-11-9-18-42(28)32(46)21(2)37-30(44)22(3)40(4)34(48)27-10-8-17-41(27)33(26)47/h7,12-16,21-22,25-28H,5-6,8-11,17-20H2,1-4H3,(H,37,44)(H,38,43)(H,39,45)/t21-,22-,25-,26-,27-,28-/m0/s1. The number of hydrogen-bond donors (Lipinski definition) is 3. The minimum atomic E-state index is -1.47. The minimum Gasteiger partial charge on any atom is -0.461 e. The molecule has 1 aromatic carbocycles. The third-order valence-electron chi connectivity index (χ3n) is 9.38. The third-order valence-corrected chi connectivity index (χ3v) is 9.38. The number of hydrogen-bond acceptors (Lipinski definition) is 8. The fraction of sp³-hybridized carbons (Fsp3) is 0.571. The summed E-state index contributed by atoms with van der Waals surface area (Å²) in [7, 11) is 1.44. The van der Waals surface area contributed by atoms with E-state index in [4.69, 9.17) is 4.74 Å². The number of benzene rings is 1. The molecule has 3 heterocycles. The van der Waals surface area contributed by atoms with Gasteiger partial charge >= 0.3 is 5.97 Å². The van der Waals surface area contributed by atoms with Crippen molar-refractivity contribution < 1.29 is 42.7 Å². The van der Waals surface area contributed by atoms with Crippen molar-refractivity contribution in [1.82, 2.24) is 30.7 Å². The third kappa shape index (κ3) is 9.24. The van der Waals surface area contributed by atoms with E-state index in [1.165, 1.54) is 65.9 Å². The first-order valence-electron chi connectivity index (χ1n) is 17.2. The number of carbonyl (C=O) groups excluding carboxylic acids is 7. The lowest BCUT2D eigenvalue weighted by atomic mass is 10.0. The van der Waals surface area contributed by atoms with Crippen LogP contribution in [0, 0.1) is 5.82 Å². The predicted molar refractivity (Wildman–Crippen MR) is 178 cm³/mol. The van der Waals surface area contributed by atoms with E-state index in [0.717, 1.165) is 6.42 Å². The Kier molecular flexibility index (Phi) is 13.1. The molecule has 272 valence electrons. The number of carbonyl (C=O) groups is 7. The van der Waals surface area contributed by atoms with Crippen LogP contribution in [0.3, 0.4) is 0 Å². The van der Waals surface area contributed by atoms with Crippen LogP contribution in [0.5, 0.6) is 0 Å². The number of nitrogens with one attached hydrogen (secondary N) is 3. The highest BCUT2D eigenvalue weighted by Crippen LogP contribution is 2.23. The monoisotopic (exact) mass is 698 g/mol. The lowest BCUT2D eigenvalue weighted by Gasteiger charge is -2.34. The Labute approximate surface area is 291 Å². The highest BCUT2D eigenvalue weighted by Gasteiger charge is 2.43. The van der Waals surface area contributed by atoms with Crippen molar-refractivity contribution in [3.63, 3.8) is 0 Å². The SMILES string of the molecule is CCCC=CC(=O)N[C@@H](Cc1ccc(F)cc1)C(=O)N[C@H]1COC(=O)[C@@H]2CCCN2C(=O)[C@H](C)NC(=O)[C@H](C)N(C)C(=O)[C@@H]2CCCN2C1=O. The van der Waals surface area contributed by atoms with Gasteiger partial charge < -0.3 is 35.4 Å².